The van der Waals surface area contributed by atoms with Crippen molar-refractivity contribution >= 4 is 18.1 Å². The van der Waals surface area contributed by atoms with Crippen LogP contribution in [0.2, 0.25) is 0 Å². The Morgan fingerprint density at radius 3 is 1.84 bits per heavy atom. The van der Waals surface area contributed by atoms with Gasteiger partial charge in [-0.2, -0.15) is 0 Å². The van der Waals surface area contributed by atoms with Crippen LogP contribution >= 0.6 is 0 Å². The van der Waals surface area contributed by atoms with Crippen LogP contribution in [-0.4, -0.2) is 69.1 Å². The number of alkyl carbamates (subject to hydrolysis) is 1. The largest absolute Gasteiger partial charge is 0.448 e. The van der Waals surface area contributed by atoms with Crippen molar-refractivity contribution < 1.29 is 23.9 Å². The lowest BCUT2D eigenvalue weighted by atomic mass is 10.1. The highest BCUT2D eigenvalue weighted by Crippen LogP contribution is 2.06. The molecule has 12 heteroatoms. The van der Waals surface area contributed by atoms with Crippen LogP contribution < -0.4 is 39.3 Å². The summed E-state index contributed by atoms with van der Waals surface area (Å²) in [7, 11) is 0. The number of ether oxygens (including phenoxy) is 2. The number of primary amides is 1. The minimum Gasteiger partial charge on any atom is -0.448 e. The SMILES string of the molecule is NCCCC[C@H](N)COC(=O)N[C@@H](CCCCN)C(=O)N[C@H](CCCCN)COC(N)=O. The highest BCUT2D eigenvalue weighted by Gasteiger charge is 2.24. The summed E-state index contributed by atoms with van der Waals surface area (Å²) in [5, 5.41) is 5.41. The third-order valence-electron chi connectivity index (χ3n) is 4.79. The van der Waals surface area contributed by atoms with E-state index >= 15 is 0 Å². The average Bonchev–Trinajstić information content (AvgIpc) is 2.75. The molecule has 0 spiro atoms. The lowest BCUT2D eigenvalue weighted by Gasteiger charge is -2.23. The first-order valence-electron chi connectivity index (χ1n) is 11.4. The molecule has 0 saturated carbocycles. The summed E-state index contributed by atoms with van der Waals surface area (Å²) in [5.74, 6) is -0.406. The van der Waals surface area contributed by atoms with Crippen molar-refractivity contribution in [3.63, 3.8) is 0 Å². The first-order chi connectivity index (χ1) is 15.3. The standard InChI is InChI=1S/C20H43N7O5/c21-10-4-1-7-15(24)13-32-20(30)27-17(9-3-6-12-23)18(28)26-16(8-2-5-11-22)14-31-19(25)29/h15-17H,1-14,21-24H2,(H2,25,29)(H,26,28)(H,27,30)/t15-,16+,17-/m0/s1. The normalized spacial score (nSPS) is 13.6. The van der Waals surface area contributed by atoms with Crippen LogP contribution in [0, 0.1) is 0 Å². The number of nitrogens with two attached hydrogens (primary N) is 5. The van der Waals surface area contributed by atoms with Crippen LogP contribution in [0.3, 0.4) is 0 Å². The maximum atomic E-state index is 12.8. The molecule has 3 atom stereocenters. The first kappa shape index (κ1) is 29.9. The molecule has 0 unspecified atom stereocenters. The molecule has 0 aliphatic heterocycles. The average molecular weight is 462 g/mol. The Labute approximate surface area is 190 Å². The van der Waals surface area contributed by atoms with Crippen LogP contribution in [0.15, 0.2) is 0 Å². The number of rotatable bonds is 19. The van der Waals surface area contributed by atoms with Gasteiger partial charge in [0, 0.05) is 6.04 Å². The lowest BCUT2D eigenvalue weighted by Crippen LogP contribution is -2.51. The van der Waals surface area contributed by atoms with E-state index in [-0.39, 0.29) is 19.3 Å². The van der Waals surface area contributed by atoms with Gasteiger partial charge in [0.15, 0.2) is 0 Å². The van der Waals surface area contributed by atoms with E-state index in [2.05, 4.69) is 10.6 Å². The quantitative estimate of drug-likeness (QED) is 0.121. The van der Waals surface area contributed by atoms with Crippen LogP contribution in [0.5, 0.6) is 0 Å². The fraction of sp³-hybridized carbons (Fsp3) is 0.850. The Bertz CT molecular complexity index is 525. The highest BCUT2D eigenvalue weighted by molar-refractivity contribution is 5.85. The molecule has 0 bridgehead atoms. The molecule has 0 aliphatic carbocycles. The second-order valence-electron chi connectivity index (χ2n) is 7.74. The van der Waals surface area contributed by atoms with Crippen molar-refractivity contribution in [1.82, 2.24) is 10.6 Å². The molecule has 12 nitrogen and oxygen atoms in total. The number of hydrogen-bond acceptors (Lipinski definition) is 9. The van der Waals surface area contributed by atoms with Gasteiger partial charge in [-0.25, -0.2) is 9.59 Å². The summed E-state index contributed by atoms with van der Waals surface area (Å²) in [5.41, 5.74) is 27.5. The molecule has 0 aliphatic rings. The van der Waals surface area contributed by atoms with Gasteiger partial charge in [0.05, 0.1) is 6.04 Å². The molecule has 0 aromatic rings. The molecule has 0 heterocycles. The van der Waals surface area contributed by atoms with Gasteiger partial charge in [-0.05, 0) is 64.6 Å². The molecule has 32 heavy (non-hydrogen) atoms. The third-order valence-corrected chi connectivity index (χ3v) is 4.79. The molecule has 0 radical (unpaired) electrons. The van der Waals surface area contributed by atoms with Crippen molar-refractivity contribution in [2.24, 2.45) is 28.7 Å². The monoisotopic (exact) mass is 461 g/mol. The number of carbonyl (C=O) groups excluding carboxylic acids is 3. The molecule has 0 aromatic heterocycles. The van der Waals surface area contributed by atoms with Crippen LogP contribution in [0.4, 0.5) is 9.59 Å². The molecule has 0 rings (SSSR count). The summed E-state index contributed by atoms with van der Waals surface area (Å²) in [4.78, 5) is 36.0. The van der Waals surface area contributed by atoms with Gasteiger partial charge < -0.3 is 48.8 Å². The van der Waals surface area contributed by atoms with Crippen molar-refractivity contribution in [2.75, 3.05) is 32.8 Å². The zero-order valence-corrected chi connectivity index (χ0v) is 19.1. The zero-order valence-electron chi connectivity index (χ0n) is 19.1. The summed E-state index contributed by atoms with van der Waals surface area (Å²) in [6.45, 7) is 1.56. The van der Waals surface area contributed by atoms with Gasteiger partial charge in [-0.15, -0.1) is 0 Å². The summed E-state index contributed by atoms with van der Waals surface area (Å²) < 4.78 is 10.0. The maximum Gasteiger partial charge on any atom is 0.407 e. The minimum atomic E-state index is -0.924. The molecule has 0 saturated heterocycles. The smallest absolute Gasteiger partial charge is 0.407 e. The van der Waals surface area contributed by atoms with Crippen LogP contribution in [0.1, 0.15) is 57.8 Å². The number of carbonyl (C=O) groups is 3. The van der Waals surface area contributed by atoms with Crippen molar-refractivity contribution in [1.29, 1.82) is 0 Å². The Morgan fingerprint density at radius 1 is 0.719 bits per heavy atom. The van der Waals surface area contributed by atoms with E-state index in [0.29, 0.717) is 51.7 Å². The van der Waals surface area contributed by atoms with E-state index < -0.39 is 30.2 Å². The van der Waals surface area contributed by atoms with Gasteiger partial charge in [0.1, 0.15) is 19.3 Å². The highest BCUT2D eigenvalue weighted by atomic mass is 16.6. The topological polar surface area (TPSA) is 224 Å². The Morgan fingerprint density at radius 2 is 1.28 bits per heavy atom. The Balaban J connectivity index is 4.82. The molecular formula is C20H43N7O5. The van der Waals surface area contributed by atoms with Gasteiger partial charge in [0.2, 0.25) is 5.91 Å². The van der Waals surface area contributed by atoms with Gasteiger partial charge in [-0.3, -0.25) is 4.79 Å². The second kappa shape index (κ2) is 19.5. The van der Waals surface area contributed by atoms with E-state index in [1.165, 1.54) is 0 Å². The summed E-state index contributed by atoms with van der Waals surface area (Å²) in [6, 6.07) is -1.57. The molecular weight excluding hydrogens is 418 g/mol. The summed E-state index contributed by atoms with van der Waals surface area (Å²) in [6.07, 6.45) is 4.53. The van der Waals surface area contributed by atoms with Crippen molar-refractivity contribution in [3.8, 4) is 0 Å². The Kier molecular flexibility index (Phi) is 18.2. The molecule has 0 fully saturated rings. The van der Waals surface area contributed by atoms with Crippen LogP contribution in [0.25, 0.3) is 0 Å². The number of nitrogens with one attached hydrogen (secondary N) is 2. The number of amides is 3. The van der Waals surface area contributed by atoms with Crippen molar-refractivity contribution in [2.45, 2.75) is 75.9 Å². The van der Waals surface area contributed by atoms with E-state index in [1.54, 1.807) is 0 Å². The predicted octanol–water partition coefficient (Wildman–Crippen LogP) is -0.624. The fourth-order valence-corrected chi connectivity index (χ4v) is 2.98. The van der Waals surface area contributed by atoms with E-state index in [4.69, 9.17) is 38.1 Å². The molecule has 0 aromatic carbocycles. The second-order valence-corrected chi connectivity index (χ2v) is 7.74. The zero-order chi connectivity index (χ0) is 24.2. The first-order valence-corrected chi connectivity index (χ1v) is 11.4. The molecule has 188 valence electrons. The van der Waals surface area contributed by atoms with E-state index in [9.17, 15) is 14.4 Å². The number of unbranched alkanes of at least 4 members (excludes halogenated alkanes) is 3. The van der Waals surface area contributed by atoms with Gasteiger partial charge >= 0.3 is 12.2 Å². The molecule has 3 amide bonds. The third kappa shape index (κ3) is 16.5. The van der Waals surface area contributed by atoms with Gasteiger partial charge in [-0.1, -0.05) is 12.8 Å². The van der Waals surface area contributed by atoms with Crippen LogP contribution in [-0.2, 0) is 14.3 Å². The van der Waals surface area contributed by atoms with Crippen molar-refractivity contribution in [3.05, 3.63) is 0 Å². The fourth-order valence-electron chi connectivity index (χ4n) is 2.98. The van der Waals surface area contributed by atoms with Gasteiger partial charge in [0.25, 0.3) is 0 Å². The minimum absolute atomic E-state index is 0.0434. The predicted molar refractivity (Wildman–Crippen MR) is 122 cm³/mol. The molecule has 12 N–H and O–H groups in total. The maximum absolute atomic E-state index is 12.8. The summed E-state index contributed by atoms with van der Waals surface area (Å²) >= 11 is 0. The lowest BCUT2D eigenvalue weighted by molar-refractivity contribution is -0.124. The van der Waals surface area contributed by atoms with E-state index in [0.717, 1.165) is 25.7 Å². The number of hydrogen-bond donors (Lipinski definition) is 7. The van der Waals surface area contributed by atoms with E-state index in [1.807, 2.05) is 0 Å². The Hall–Kier alpha value is -2.15.